The number of anilines is 2. The number of hydrogen-bond acceptors (Lipinski definition) is 6. The predicted octanol–water partition coefficient (Wildman–Crippen LogP) is 4.97. The van der Waals surface area contributed by atoms with Crippen molar-refractivity contribution in [2.75, 3.05) is 30.1 Å². The molecule has 0 spiro atoms. The number of nitrogens with one attached hydrogen (secondary N) is 1. The molecule has 3 aromatic rings. The van der Waals surface area contributed by atoms with E-state index in [1.165, 1.54) is 0 Å². The van der Waals surface area contributed by atoms with E-state index in [1.807, 2.05) is 42.5 Å². The van der Waals surface area contributed by atoms with Gasteiger partial charge in [-0.05, 0) is 36.2 Å². The molecule has 1 unspecified atom stereocenters. The Balaban J connectivity index is 1.57. The molecule has 0 bridgehead atoms. The van der Waals surface area contributed by atoms with Crippen LogP contribution in [0.15, 0.2) is 101 Å². The van der Waals surface area contributed by atoms with E-state index in [2.05, 4.69) is 75.5 Å². The van der Waals surface area contributed by atoms with Crippen LogP contribution < -0.4 is 10.2 Å². The number of para-hydroxylation sites is 2. The highest BCUT2D eigenvalue weighted by Gasteiger charge is 2.36. The van der Waals surface area contributed by atoms with Gasteiger partial charge in [-0.3, -0.25) is 14.7 Å². The minimum absolute atomic E-state index is 0.294. The number of aliphatic imine (C=N–C) groups is 2. The van der Waals surface area contributed by atoms with Crippen molar-refractivity contribution in [1.82, 2.24) is 9.80 Å². The third-order valence-corrected chi connectivity index (χ3v) is 5.64. The quantitative estimate of drug-likeness (QED) is 0.628. The number of nitrogens with zero attached hydrogens (tertiary/aromatic N) is 5. The van der Waals surface area contributed by atoms with Gasteiger partial charge in [-0.15, -0.1) is 0 Å². The van der Waals surface area contributed by atoms with E-state index in [0.29, 0.717) is 0 Å². The normalized spacial score (nSPS) is 18.6. The summed E-state index contributed by atoms with van der Waals surface area (Å²) < 4.78 is 0. The van der Waals surface area contributed by atoms with Gasteiger partial charge < -0.3 is 5.32 Å². The van der Waals surface area contributed by atoms with E-state index in [4.69, 9.17) is 9.98 Å². The highest BCUT2D eigenvalue weighted by molar-refractivity contribution is 6.12. The molecule has 2 aliphatic heterocycles. The first-order valence-electron chi connectivity index (χ1n) is 11.2. The molecule has 1 atom stereocenters. The highest BCUT2D eigenvalue weighted by Crippen LogP contribution is 2.29. The average molecular weight is 425 g/mol. The molecular formula is C26H28N6. The van der Waals surface area contributed by atoms with Crippen molar-refractivity contribution < 1.29 is 0 Å². The minimum Gasteiger partial charge on any atom is -0.326 e. The molecule has 1 N–H and O–H groups in total. The van der Waals surface area contributed by atoms with Gasteiger partial charge in [0.25, 0.3) is 0 Å². The molecule has 6 nitrogen and oxygen atoms in total. The molecule has 0 amide bonds. The topological polar surface area (TPSA) is 46.5 Å². The van der Waals surface area contributed by atoms with Crippen LogP contribution in [-0.4, -0.2) is 41.6 Å². The van der Waals surface area contributed by atoms with Crippen LogP contribution in [0.25, 0.3) is 0 Å². The summed E-state index contributed by atoms with van der Waals surface area (Å²) in [5, 5.41) is 3.56. The van der Waals surface area contributed by atoms with Crippen LogP contribution in [0.5, 0.6) is 0 Å². The first-order chi connectivity index (χ1) is 15.8. The smallest absolute Gasteiger partial charge is 0.212 e. The Morgan fingerprint density at radius 3 is 2.09 bits per heavy atom. The lowest BCUT2D eigenvalue weighted by Gasteiger charge is -2.46. The lowest BCUT2D eigenvalue weighted by Crippen LogP contribution is -2.63. The lowest BCUT2D eigenvalue weighted by atomic mass is 10.2. The molecule has 2 aliphatic rings. The first-order valence-corrected chi connectivity index (χ1v) is 11.2. The maximum Gasteiger partial charge on any atom is 0.212 e. The standard InChI is InChI=1S/C26H28N6/c1-2-18-30-19-31(23-16-10-5-11-17-23)26-29-24(21-12-6-3-7-13-21)28-25(32(26)20-30)27-22-14-8-4-9-15-22/h3-17,24H,2,18-20H2,1H3,(H,27,28). The third kappa shape index (κ3) is 4.22. The zero-order valence-corrected chi connectivity index (χ0v) is 18.3. The largest absolute Gasteiger partial charge is 0.326 e. The van der Waals surface area contributed by atoms with Crippen LogP contribution in [-0.2, 0) is 0 Å². The fraction of sp³-hybridized carbons (Fsp3) is 0.231. The van der Waals surface area contributed by atoms with Crippen molar-refractivity contribution in [3.8, 4) is 0 Å². The van der Waals surface area contributed by atoms with Crippen LogP contribution in [0.4, 0.5) is 11.4 Å². The molecular weight excluding hydrogens is 396 g/mol. The minimum atomic E-state index is -0.294. The van der Waals surface area contributed by atoms with Gasteiger partial charge in [0, 0.05) is 17.9 Å². The second-order valence-electron chi connectivity index (χ2n) is 8.03. The molecule has 1 fully saturated rings. The summed E-state index contributed by atoms with van der Waals surface area (Å²) in [4.78, 5) is 17.1. The molecule has 0 radical (unpaired) electrons. The molecule has 32 heavy (non-hydrogen) atoms. The van der Waals surface area contributed by atoms with E-state index >= 15 is 0 Å². The van der Waals surface area contributed by atoms with E-state index in [9.17, 15) is 0 Å². The van der Waals surface area contributed by atoms with Crippen molar-refractivity contribution >= 4 is 23.3 Å². The summed E-state index contributed by atoms with van der Waals surface area (Å²) in [7, 11) is 0. The predicted molar refractivity (Wildman–Crippen MR) is 132 cm³/mol. The summed E-state index contributed by atoms with van der Waals surface area (Å²) in [5.41, 5.74) is 3.22. The van der Waals surface area contributed by atoms with Gasteiger partial charge in [0.2, 0.25) is 11.9 Å². The van der Waals surface area contributed by atoms with Crippen LogP contribution >= 0.6 is 0 Å². The Labute approximate surface area is 189 Å². The van der Waals surface area contributed by atoms with Crippen molar-refractivity contribution in [2.45, 2.75) is 19.5 Å². The van der Waals surface area contributed by atoms with Gasteiger partial charge >= 0.3 is 0 Å². The van der Waals surface area contributed by atoms with Crippen molar-refractivity contribution in [3.05, 3.63) is 96.6 Å². The van der Waals surface area contributed by atoms with Crippen molar-refractivity contribution in [1.29, 1.82) is 0 Å². The zero-order chi connectivity index (χ0) is 21.8. The summed E-state index contributed by atoms with van der Waals surface area (Å²) >= 11 is 0. The molecule has 6 heteroatoms. The van der Waals surface area contributed by atoms with E-state index in [0.717, 1.165) is 55.2 Å². The van der Waals surface area contributed by atoms with Crippen LogP contribution in [0, 0.1) is 0 Å². The van der Waals surface area contributed by atoms with Gasteiger partial charge in [-0.25, -0.2) is 9.98 Å². The Morgan fingerprint density at radius 1 is 0.781 bits per heavy atom. The van der Waals surface area contributed by atoms with Crippen molar-refractivity contribution in [2.24, 2.45) is 9.98 Å². The molecule has 0 aliphatic carbocycles. The Bertz CT molecular complexity index is 1080. The molecule has 0 saturated carbocycles. The zero-order valence-electron chi connectivity index (χ0n) is 18.3. The molecule has 5 rings (SSSR count). The second-order valence-corrected chi connectivity index (χ2v) is 8.03. The van der Waals surface area contributed by atoms with E-state index in [-0.39, 0.29) is 6.17 Å². The number of fused-ring (bicyclic) bond motifs is 1. The fourth-order valence-corrected chi connectivity index (χ4v) is 4.13. The van der Waals surface area contributed by atoms with Gasteiger partial charge in [-0.2, -0.15) is 0 Å². The molecule has 2 heterocycles. The Morgan fingerprint density at radius 2 is 1.41 bits per heavy atom. The summed E-state index contributed by atoms with van der Waals surface area (Å²) in [6, 6.07) is 31.0. The van der Waals surface area contributed by atoms with Gasteiger partial charge in [0.1, 0.15) is 0 Å². The summed E-state index contributed by atoms with van der Waals surface area (Å²) in [5.74, 6) is 1.74. The Hall–Kier alpha value is -3.64. The monoisotopic (exact) mass is 424 g/mol. The third-order valence-electron chi connectivity index (χ3n) is 5.64. The number of rotatable bonds is 5. The van der Waals surface area contributed by atoms with Crippen LogP contribution in [0.3, 0.4) is 0 Å². The fourth-order valence-electron chi connectivity index (χ4n) is 4.13. The first kappa shape index (κ1) is 20.3. The van der Waals surface area contributed by atoms with Crippen LogP contribution in [0.2, 0.25) is 0 Å². The van der Waals surface area contributed by atoms with Gasteiger partial charge in [-0.1, -0.05) is 73.7 Å². The number of hydrogen-bond donors (Lipinski definition) is 1. The van der Waals surface area contributed by atoms with E-state index < -0.39 is 0 Å². The van der Waals surface area contributed by atoms with Crippen LogP contribution in [0.1, 0.15) is 25.1 Å². The lowest BCUT2D eigenvalue weighted by molar-refractivity contribution is 0.203. The average Bonchev–Trinajstić information content (AvgIpc) is 2.86. The summed E-state index contributed by atoms with van der Waals surface area (Å²) in [6.07, 6.45) is 0.798. The van der Waals surface area contributed by atoms with Crippen molar-refractivity contribution in [3.63, 3.8) is 0 Å². The number of benzene rings is 3. The molecule has 0 aromatic heterocycles. The number of guanidine groups is 2. The van der Waals surface area contributed by atoms with E-state index in [1.54, 1.807) is 0 Å². The van der Waals surface area contributed by atoms with Gasteiger partial charge in [0.15, 0.2) is 6.17 Å². The highest BCUT2D eigenvalue weighted by atomic mass is 15.6. The Kier molecular flexibility index (Phi) is 5.85. The molecule has 1 saturated heterocycles. The molecule has 162 valence electrons. The molecule has 3 aromatic carbocycles. The maximum atomic E-state index is 5.13. The SMILES string of the molecule is CCCN1CN2C(Nc3ccccc3)=NC(c3ccccc3)N=C2N(c2ccccc2)C1. The van der Waals surface area contributed by atoms with Gasteiger partial charge in [0.05, 0.1) is 13.3 Å². The second kappa shape index (κ2) is 9.24. The summed E-state index contributed by atoms with van der Waals surface area (Å²) in [6.45, 7) is 4.77. The maximum absolute atomic E-state index is 5.13.